The Hall–Kier alpha value is -2.33. The molecule has 0 unspecified atom stereocenters. The molecule has 2 aromatic rings. The van der Waals surface area contributed by atoms with E-state index >= 15 is 0 Å². The van der Waals surface area contributed by atoms with E-state index in [4.69, 9.17) is 14.5 Å². The number of ether oxygens (including phenoxy) is 2. The highest BCUT2D eigenvalue weighted by Gasteiger charge is 2.57. The molecule has 0 spiro atoms. The first-order valence-corrected chi connectivity index (χ1v) is 13.4. The van der Waals surface area contributed by atoms with Gasteiger partial charge in [-0.3, -0.25) is 0 Å². The molecule has 4 heteroatoms. The van der Waals surface area contributed by atoms with Crippen molar-refractivity contribution < 1.29 is 9.47 Å². The lowest BCUT2D eigenvalue weighted by Gasteiger charge is -2.48. The van der Waals surface area contributed by atoms with E-state index in [-0.39, 0.29) is 11.1 Å². The molecule has 152 valence electrons. The van der Waals surface area contributed by atoms with Crippen LogP contribution in [0, 0.1) is 5.41 Å². The van der Waals surface area contributed by atoms with E-state index in [0.717, 1.165) is 11.7 Å². The largest absolute Gasteiger partial charge is 0.500 e. The van der Waals surface area contributed by atoms with Crippen molar-refractivity contribution in [3.05, 3.63) is 71.5 Å². The summed E-state index contributed by atoms with van der Waals surface area (Å²) in [7, 11) is -0.248. The topological polar surface area (TPSA) is 30.8 Å². The SMILES string of the molecule is COC1=Cc2ccccc2[C@H]([Si](C)(C)c2ccccc2)[C@]1(C)C1=NC(C)(C)CO1. The lowest BCUT2D eigenvalue weighted by molar-refractivity contribution is 0.187. The molecular formula is C25H31NO2Si. The van der Waals surface area contributed by atoms with Crippen LogP contribution < -0.4 is 5.19 Å². The average Bonchev–Trinajstić information content (AvgIpc) is 3.08. The molecule has 29 heavy (non-hydrogen) atoms. The number of nitrogens with zero attached hydrogens (tertiary/aromatic N) is 1. The zero-order valence-corrected chi connectivity index (χ0v) is 19.3. The van der Waals surface area contributed by atoms with E-state index < -0.39 is 13.5 Å². The third kappa shape index (κ3) is 3.14. The van der Waals surface area contributed by atoms with E-state index in [2.05, 4.69) is 94.5 Å². The summed E-state index contributed by atoms with van der Waals surface area (Å²) in [4.78, 5) is 5.04. The first kappa shape index (κ1) is 20.0. The van der Waals surface area contributed by atoms with Crippen molar-refractivity contribution >= 4 is 25.2 Å². The summed E-state index contributed by atoms with van der Waals surface area (Å²) >= 11 is 0. The maximum absolute atomic E-state index is 6.27. The molecule has 0 N–H and O–H groups in total. The van der Waals surface area contributed by atoms with Gasteiger partial charge in [-0.1, -0.05) is 72.9 Å². The van der Waals surface area contributed by atoms with Crippen LogP contribution in [0.4, 0.5) is 0 Å². The van der Waals surface area contributed by atoms with Crippen LogP contribution in [0.5, 0.6) is 0 Å². The molecule has 2 atom stereocenters. The number of methoxy groups -OCH3 is 1. The number of hydrogen-bond donors (Lipinski definition) is 0. The number of aliphatic imine (C=N–C) groups is 1. The molecule has 4 rings (SSSR count). The molecule has 1 aliphatic carbocycles. The Morgan fingerprint density at radius 2 is 1.66 bits per heavy atom. The van der Waals surface area contributed by atoms with Gasteiger partial charge in [0.05, 0.1) is 20.7 Å². The van der Waals surface area contributed by atoms with E-state index in [0.29, 0.717) is 6.61 Å². The van der Waals surface area contributed by atoms with Gasteiger partial charge in [-0.15, -0.1) is 0 Å². The first-order valence-electron chi connectivity index (χ1n) is 10.3. The summed E-state index contributed by atoms with van der Waals surface area (Å²) in [5, 5.41) is 1.43. The van der Waals surface area contributed by atoms with Crippen molar-refractivity contribution in [2.75, 3.05) is 13.7 Å². The summed E-state index contributed by atoms with van der Waals surface area (Å²) in [6.07, 6.45) is 2.18. The van der Waals surface area contributed by atoms with Gasteiger partial charge < -0.3 is 9.47 Å². The van der Waals surface area contributed by atoms with Crippen molar-refractivity contribution in [1.82, 2.24) is 0 Å². The van der Waals surface area contributed by atoms with Gasteiger partial charge in [0, 0.05) is 5.54 Å². The fourth-order valence-electron chi connectivity index (χ4n) is 5.14. The zero-order chi connectivity index (χ0) is 20.9. The predicted molar refractivity (Wildman–Crippen MR) is 123 cm³/mol. The molecule has 0 amide bonds. The summed E-state index contributed by atoms with van der Waals surface area (Å²) in [5.41, 5.74) is 2.19. The Bertz CT molecular complexity index is 977. The van der Waals surface area contributed by atoms with Gasteiger partial charge in [0.15, 0.2) is 5.90 Å². The second kappa shape index (κ2) is 6.87. The molecule has 2 aliphatic rings. The van der Waals surface area contributed by atoms with Crippen molar-refractivity contribution in [2.45, 2.75) is 44.9 Å². The van der Waals surface area contributed by atoms with E-state index in [1.165, 1.54) is 16.3 Å². The summed E-state index contributed by atoms with van der Waals surface area (Å²) in [6, 6.07) is 19.7. The summed E-state index contributed by atoms with van der Waals surface area (Å²) < 4.78 is 12.3. The van der Waals surface area contributed by atoms with Crippen LogP contribution in [0.3, 0.4) is 0 Å². The number of rotatable bonds is 4. The minimum absolute atomic E-state index is 0.211. The van der Waals surface area contributed by atoms with Gasteiger partial charge >= 0.3 is 0 Å². The lowest BCUT2D eigenvalue weighted by Crippen LogP contribution is -2.57. The Labute approximate surface area is 175 Å². The Morgan fingerprint density at radius 3 is 2.28 bits per heavy atom. The van der Waals surface area contributed by atoms with E-state index in [9.17, 15) is 0 Å². The fraction of sp³-hybridized carbons (Fsp3) is 0.400. The van der Waals surface area contributed by atoms with Gasteiger partial charge in [0.1, 0.15) is 17.8 Å². The minimum Gasteiger partial charge on any atom is -0.500 e. The van der Waals surface area contributed by atoms with Gasteiger partial charge in [-0.05, 0) is 38.0 Å². The van der Waals surface area contributed by atoms with Crippen molar-refractivity contribution in [3.8, 4) is 0 Å². The third-order valence-corrected chi connectivity index (χ3v) is 10.7. The van der Waals surface area contributed by atoms with Crippen molar-refractivity contribution in [1.29, 1.82) is 0 Å². The maximum atomic E-state index is 6.27. The van der Waals surface area contributed by atoms with Crippen LogP contribution in [-0.2, 0) is 9.47 Å². The van der Waals surface area contributed by atoms with Gasteiger partial charge in [0.2, 0.25) is 0 Å². The highest BCUT2D eigenvalue weighted by Crippen LogP contribution is 2.54. The molecule has 0 bridgehead atoms. The molecular weight excluding hydrogens is 374 g/mol. The monoisotopic (exact) mass is 405 g/mol. The first-order chi connectivity index (χ1) is 13.7. The van der Waals surface area contributed by atoms with Crippen molar-refractivity contribution in [2.24, 2.45) is 10.4 Å². The Balaban J connectivity index is 1.99. The second-order valence-corrected chi connectivity index (χ2v) is 14.2. The minimum atomic E-state index is -2.02. The Kier molecular flexibility index (Phi) is 4.73. The molecule has 0 aromatic heterocycles. The maximum Gasteiger partial charge on any atom is 0.198 e. The van der Waals surface area contributed by atoms with E-state index in [1.54, 1.807) is 7.11 Å². The molecule has 0 saturated heterocycles. The van der Waals surface area contributed by atoms with Crippen LogP contribution in [-0.4, -0.2) is 33.2 Å². The highest BCUT2D eigenvalue weighted by molar-refractivity contribution is 6.91. The van der Waals surface area contributed by atoms with Crippen LogP contribution in [0.25, 0.3) is 6.08 Å². The summed E-state index contributed by atoms with van der Waals surface area (Å²) in [5.74, 6) is 1.75. The van der Waals surface area contributed by atoms with Gasteiger partial charge in [0.25, 0.3) is 0 Å². The standard InChI is InChI=1S/C25H31NO2Si/c1-24(2)17-28-23(26-24)25(3)21(27-4)16-18-12-10-11-15-20(18)22(25)29(5,6)19-13-8-7-9-14-19/h7-16,22H,17H2,1-6H3/t22-,25+/m0/s1. The highest BCUT2D eigenvalue weighted by atomic mass is 28.3. The summed E-state index contributed by atoms with van der Waals surface area (Å²) in [6.45, 7) is 12.1. The van der Waals surface area contributed by atoms with Crippen LogP contribution in [0.15, 0.2) is 65.3 Å². The van der Waals surface area contributed by atoms with Crippen LogP contribution >= 0.6 is 0 Å². The fourth-order valence-corrected chi connectivity index (χ4v) is 9.28. The van der Waals surface area contributed by atoms with Gasteiger partial charge in [-0.25, -0.2) is 4.99 Å². The normalized spacial score (nSPS) is 25.5. The zero-order valence-electron chi connectivity index (χ0n) is 18.3. The molecule has 3 nitrogen and oxygen atoms in total. The second-order valence-electron chi connectivity index (χ2n) is 9.58. The van der Waals surface area contributed by atoms with E-state index in [1.807, 2.05) is 0 Å². The number of hydrogen-bond acceptors (Lipinski definition) is 3. The number of benzene rings is 2. The average molecular weight is 406 g/mol. The molecule has 0 fully saturated rings. The quantitative estimate of drug-likeness (QED) is 0.660. The molecule has 1 aliphatic heterocycles. The van der Waals surface area contributed by atoms with Crippen LogP contribution in [0.2, 0.25) is 13.1 Å². The Morgan fingerprint density at radius 1 is 1.00 bits per heavy atom. The third-order valence-electron chi connectivity index (χ3n) is 6.55. The molecule has 1 heterocycles. The van der Waals surface area contributed by atoms with Crippen molar-refractivity contribution in [3.63, 3.8) is 0 Å². The predicted octanol–water partition coefficient (Wildman–Crippen LogP) is 5.14. The molecule has 0 saturated carbocycles. The smallest absolute Gasteiger partial charge is 0.198 e. The van der Waals surface area contributed by atoms with Crippen LogP contribution in [0.1, 0.15) is 37.4 Å². The lowest BCUT2D eigenvalue weighted by atomic mass is 9.75. The van der Waals surface area contributed by atoms with Gasteiger partial charge in [-0.2, -0.15) is 0 Å². The number of fused-ring (bicyclic) bond motifs is 1. The molecule has 2 aromatic carbocycles. The molecule has 0 radical (unpaired) electrons.